The molecule has 0 radical (unpaired) electrons. The minimum absolute atomic E-state index is 0.0117. The Kier molecular flexibility index (Phi) is 8.48. The van der Waals surface area contributed by atoms with E-state index in [1.165, 1.54) is 14.0 Å². The highest BCUT2D eigenvalue weighted by molar-refractivity contribution is 6.20. The van der Waals surface area contributed by atoms with Gasteiger partial charge < -0.3 is 15.1 Å². The predicted molar refractivity (Wildman–Crippen MR) is 137 cm³/mol. The van der Waals surface area contributed by atoms with Gasteiger partial charge in [0.2, 0.25) is 11.8 Å². The quantitative estimate of drug-likeness (QED) is 0.353. The van der Waals surface area contributed by atoms with Gasteiger partial charge in [0.25, 0.3) is 0 Å². The van der Waals surface area contributed by atoms with E-state index in [1.54, 1.807) is 4.90 Å². The molecule has 38 heavy (non-hydrogen) atoms. The van der Waals surface area contributed by atoms with Crippen molar-refractivity contribution >= 4 is 23.4 Å². The van der Waals surface area contributed by atoms with Gasteiger partial charge in [-0.2, -0.15) is 13.2 Å². The fourth-order valence-corrected chi connectivity index (χ4v) is 7.77. The SMILES string of the molecule is CC(=O)N1CCC(C(=O)N(C)[C@@H](C2CCC(N3CCCC4C3CNC3CC(Cl)NN34)NC2)C(F)(F)F)CC1. The number of alkyl halides is 4. The molecule has 0 aromatic rings. The summed E-state index contributed by atoms with van der Waals surface area (Å²) in [6.45, 7) is 4.26. The number of hydrazine groups is 1. The van der Waals surface area contributed by atoms with Crippen LogP contribution in [0.15, 0.2) is 0 Å². The van der Waals surface area contributed by atoms with Crippen LogP contribution in [0.2, 0.25) is 0 Å². The number of carbonyl (C=O) groups excluding carboxylic acids is 2. The van der Waals surface area contributed by atoms with E-state index in [0.29, 0.717) is 44.8 Å². The summed E-state index contributed by atoms with van der Waals surface area (Å²) in [6.07, 6.45) is 0.478. The van der Waals surface area contributed by atoms with Crippen LogP contribution in [0.1, 0.15) is 51.9 Å². The van der Waals surface area contributed by atoms with Gasteiger partial charge >= 0.3 is 6.18 Å². The monoisotopic (exact) mass is 563 g/mol. The van der Waals surface area contributed by atoms with Crippen LogP contribution in [0.25, 0.3) is 0 Å². The van der Waals surface area contributed by atoms with E-state index >= 15 is 0 Å². The Bertz CT molecular complexity index is 866. The van der Waals surface area contributed by atoms with Gasteiger partial charge in [0.05, 0.1) is 17.8 Å². The van der Waals surface area contributed by atoms with Crippen molar-refractivity contribution in [2.75, 3.05) is 39.8 Å². The number of hydrogen-bond donors (Lipinski definition) is 3. The Morgan fingerprint density at radius 3 is 2.32 bits per heavy atom. The summed E-state index contributed by atoms with van der Waals surface area (Å²) in [5, 5.41) is 9.28. The second kappa shape index (κ2) is 11.4. The first-order chi connectivity index (χ1) is 18.0. The van der Waals surface area contributed by atoms with Gasteiger partial charge in [-0.1, -0.05) is 0 Å². The van der Waals surface area contributed by atoms with Crippen molar-refractivity contribution in [3.05, 3.63) is 0 Å². The van der Waals surface area contributed by atoms with Gasteiger partial charge in [0, 0.05) is 77.0 Å². The van der Waals surface area contributed by atoms with Crippen molar-refractivity contribution in [2.45, 2.75) is 94.0 Å². The number of rotatable bonds is 4. The Morgan fingerprint density at radius 2 is 1.68 bits per heavy atom. The number of fused-ring (bicyclic) bond motifs is 3. The van der Waals surface area contributed by atoms with Crippen molar-refractivity contribution in [2.24, 2.45) is 11.8 Å². The summed E-state index contributed by atoms with van der Waals surface area (Å²) in [5.41, 5.74) is 3.30. The van der Waals surface area contributed by atoms with Crippen molar-refractivity contribution in [3.63, 3.8) is 0 Å². The molecule has 0 bridgehead atoms. The van der Waals surface area contributed by atoms with Crippen LogP contribution in [-0.4, -0.2) is 113 Å². The molecule has 216 valence electrons. The molecule has 3 N–H and O–H groups in total. The number of likely N-dealkylation sites (tertiary alicyclic amines) is 2. The van der Waals surface area contributed by atoms with Crippen LogP contribution in [-0.2, 0) is 9.59 Å². The molecule has 5 fully saturated rings. The number of halogens is 4. The van der Waals surface area contributed by atoms with Gasteiger partial charge in [-0.05, 0) is 38.5 Å². The van der Waals surface area contributed by atoms with Crippen molar-refractivity contribution in [1.82, 2.24) is 35.8 Å². The average molecular weight is 564 g/mol. The molecule has 0 aromatic carbocycles. The molecule has 5 heterocycles. The first-order valence-electron chi connectivity index (χ1n) is 14.0. The number of carbonyl (C=O) groups is 2. The zero-order valence-corrected chi connectivity index (χ0v) is 23.0. The Labute approximate surface area is 227 Å². The van der Waals surface area contributed by atoms with Gasteiger partial charge in [-0.3, -0.25) is 19.8 Å². The van der Waals surface area contributed by atoms with Crippen molar-refractivity contribution < 1.29 is 22.8 Å². The zero-order valence-electron chi connectivity index (χ0n) is 22.2. The van der Waals surface area contributed by atoms with Gasteiger partial charge in [0.1, 0.15) is 6.04 Å². The number of nitrogens with zero attached hydrogens (tertiary/aromatic N) is 4. The van der Waals surface area contributed by atoms with Crippen LogP contribution < -0.4 is 16.1 Å². The molecule has 6 unspecified atom stereocenters. The van der Waals surface area contributed by atoms with Crippen LogP contribution in [0, 0.1) is 11.8 Å². The second-order valence-electron chi connectivity index (χ2n) is 11.7. The normalized spacial score (nSPS) is 36.4. The third kappa shape index (κ3) is 5.67. The van der Waals surface area contributed by atoms with E-state index in [1.807, 2.05) is 0 Å². The molecule has 5 aliphatic rings. The molecule has 0 spiro atoms. The third-order valence-corrected chi connectivity index (χ3v) is 9.70. The predicted octanol–water partition coefficient (Wildman–Crippen LogP) is 1.50. The second-order valence-corrected chi connectivity index (χ2v) is 12.2. The summed E-state index contributed by atoms with van der Waals surface area (Å²) in [7, 11) is 1.30. The summed E-state index contributed by atoms with van der Waals surface area (Å²) in [5.74, 6) is -1.72. The molecule has 5 rings (SSSR count). The first-order valence-corrected chi connectivity index (χ1v) is 14.5. The molecule has 0 aliphatic carbocycles. The minimum Gasteiger partial charge on any atom is -0.343 e. The minimum atomic E-state index is -4.51. The molecule has 7 atom stereocenters. The lowest BCUT2D eigenvalue weighted by Crippen LogP contribution is -2.72. The lowest BCUT2D eigenvalue weighted by atomic mass is 9.86. The summed E-state index contributed by atoms with van der Waals surface area (Å²) >= 11 is 6.35. The van der Waals surface area contributed by atoms with Gasteiger partial charge in [0.15, 0.2) is 0 Å². The van der Waals surface area contributed by atoms with Crippen LogP contribution in [0.3, 0.4) is 0 Å². The topological polar surface area (TPSA) is 83.2 Å². The molecule has 2 amide bonds. The smallest absolute Gasteiger partial charge is 0.343 e. The largest absolute Gasteiger partial charge is 0.409 e. The molecule has 0 aromatic heterocycles. The fourth-order valence-electron chi connectivity index (χ4n) is 7.49. The Morgan fingerprint density at radius 1 is 0.974 bits per heavy atom. The highest BCUT2D eigenvalue weighted by Crippen LogP contribution is 2.37. The van der Waals surface area contributed by atoms with Crippen LogP contribution in [0.5, 0.6) is 0 Å². The molecule has 5 saturated heterocycles. The number of piperidine rings is 3. The third-order valence-electron chi connectivity index (χ3n) is 9.42. The summed E-state index contributed by atoms with van der Waals surface area (Å²) in [6, 6.07) is -1.25. The lowest BCUT2D eigenvalue weighted by Gasteiger charge is -2.53. The number of hydrogen-bond acceptors (Lipinski definition) is 7. The lowest BCUT2D eigenvalue weighted by molar-refractivity contribution is -0.202. The molecule has 0 saturated carbocycles. The number of amides is 2. The average Bonchev–Trinajstić information content (AvgIpc) is 3.28. The van der Waals surface area contributed by atoms with Crippen molar-refractivity contribution in [1.29, 1.82) is 0 Å². The summed E-state index contributed by atoms with van der Waals surface area (Å²) in [4.78, 5) is 29.8. The van der Waals surface area contributed by atoms with Crippen LogP contribution >= 0.6 is 11.6 Å². The van der Waals surface area contributed by atoms with E-state index < -0.39 is 30.0 Å². The van der Waals surface area contributed by atoms with Gasteiger partial charge in [-0.15, -0.1) is 11.6 Å². The highest BCUT2D eigenvalue weighted by atomic mass is 35.5. The van der Waals surface area contributed by atoms with Crippen molar-refractivity contribution in [3.8, 4) is 0 Å². The van der Waals surface area contributed by atoms with E-state index in [9.17, 15) is 22.8 Å². The maximum absolute atomic E-state index is 14.4. The highest BCUT2D eigenvalue weighted by Gasteiger charge is 2.52. The van der Waals surface area contributed by atoms with Gasteiger partial charge in [-0.25, -0.2) is 10.4 Å². The molecule has 13 heteroatoms. The molecule has 9 nitrogen and oxygen atoms in total. The van der Waals surface area contributed by atoms with E-state index in [-0.39, 0.29) is 36.3 Å². The standard InChI is InChI=1S/C25H41ClF3N7O2/c1-15(37)34-10-7-16(8-11-34)24(38)33(2)23(25(27,28)29)17-5-6-21(30-13-17)35-9-3-4-18-19(35)14-31-22-12-20(26)32-36(18)22/h16-23,30-32H,3-14H2,1-2H3/t17?,18?,19?,20?,21?,22?,23-/m0/s1. The zero-order chi connectivity index (χ0) is 27.2. The Hall–Kier alpha value is -1.18. The Balaban J connectivity index is 1.20. The first kappa shape index (κ1) is 28.4. The molecular formula is C25H41ClF3N7O2. The van der Waals surface area contributed by atoms with Crippen LogP contribution in [0.4, 0.5) is 13.2 Å². The van der Waals surface area contributed by atoms with E-state index in [2.05, 4.69) is 26.0 Å². The maximum atomic E-state index is 14.4. The van der Waals surface area contributed by atoms with E-state index in [0.717, 1.165) is 37.3 Å². The fraction of sp³-hybridized carbons (Fsp3) is 0.920. The van der Waals surface area contributed by atoms with E-state index in [4.69, 9.17) is 11.6 Å². The number of nitrogens with one attached hydrogen (secondary N) is 3. The molecular weight excluding hydrogens is 523 g/mol. The maximum Gasteiger partial charge on any atom is 0.409 e. The summed E-state index contributed by atoms with van der Waals surface area (Å²) < 4.78 is 43.1. The molecule has 5 aliphatic heterocycles.